The minimum Gasteiger partial charge on any atom is -0.326 e. The van der Waals surface area contributed by atoms with Crippen LogP contribution in [-0.4, -0.2) is 19.3 Å². The van der Waals surface area contributed by atoms with Gasteiger partial charge in [0.05, 0.1) is 11.0 Å². The fraction of sp³-hybridized carbons (Fsp3) is 0.231. The molecule has 17 heavy (non-hydrogen) atoms. The van der Waals surface area contributed by atoms with Crippen molar-refractivity contribution in [2.24, 2.45) is 14.1 Å². The molecule has 0 aliphatic heterocycles. The Hall–Kier alpha value is -2.10. The molecule has 0 saturated heterocycles. The summed E-state index contributed by atoms with van der Waals surface area (Å²) in [4.78, 5) is 4.68. The zero-order valence-electron chi connectivity index (χ0n) is 10.2. The van der Waals surface area contributed by atoms with Gasteiger partial charge in [0.15, 0.2) is 5.82 Å². The smallest absolute Gasteiger partial charge is 0.159 e. The van der Waals surface area contributed by atoms with Crippen LogP contribution >= 0.6 is 0 Å². The van der Waals surface area contributed by atoms with Gasteiger partial charge >= 0.3 is 0 Å². The van der Waals surface area contributed by atoms with E-state index in [-0.39, 0.29) is 0 Å². The number of hydrogen-bond acceptors (Lipinski definition) is 2. The monoisotopic (exact) mass is 226 g/mol. The molecule has 0 amide bonds. The van der Waals surface area contributed by atoms with Crippen LogP contribution in [0.25, 0.3) is 22.6 Å². The third-order valence-electron chi connectivity index (χ3n) is 3.09. The topological polar surface area (TPSA) is 35.6 Å². The van der Waals surface area contributed by atoms with E-state index >= 15 is 0 Å². The highest BCUT2D eigenvalue weighted by molar-refractivity contribution is 5.80. The van der Waals surface area contributed by atoms with Crippen LogP contribution in [0.2, 0.25) is 0 Å². The number of rotatable bonds is 1. The van der Waals surface area contributed by atoms with Gasteiger partial charge in [-0.15, -0.1) is 0 Å². The quantitative estimate of drug-likeness (QED) is 0.638. The van der Waals surface area contributed by atoms with Gasteiger partial charge in [0, 0.05) is 20.3 Å². The van der Waals surface area contributed by atoms with E-state index in [1.807, 2.05) is 24.8 Å². The molecular formula is C13H14N4. The van der Waals surface area contributed by atoms with E-state index in [1.54, 1.807) is 6.20 Å². The van der Waals surface area contributed by atoms with Gasteiger partial charge in [-0.3, -0.25) is 4.68 Å². The third kappa shape index (κ3) is 1.45. The number of benzene rings is 1. The summed E-state index contributed by atoms with van der Waals surface area (Å²) in [6, 6.07) is 8.30. The van der Waals surface area contributed by atoms with Crippen LogP contribution in [-0.2, 0) is 14.1 Å². The molecule has 4 heteroatoms. The van der Waals surface area contributed by atoms with Crippen LogP contribution < -0.4 is 0 Å². The van der Waals surface area contributed by atoms with E-state index in [2.05, 4.69) is 39.8 Å². The zero-order valence-corrected chi connectivity index (χ0v) is 10.2. The molecule has 0 aliphatic rings. The summed E-state index contributed by atoms with van der Waals surface area (Å²) >= 11 is 0. The average Bonchev–Trinajstić information content (AvgIpc) is 2.83. The van der Waals surface area contributed by atoms with Gasteiger partial charge in [-0.1, -0.05) is 6.07 Å². The van der Waals surface area contributed by atoms with Crippen LogP contribution in [0.3, 0.4) is 0 Å². The molecule has 2 heterocycles. The predicted molar refractivity (Wildman–Crippen MR) is 67.7 cm³/mol. The van der Waals surface area contributed by atoms with Crippen molar-refractivity contribution in [2.75, 3.05) is 0 Å². The largest absolute Gasteiger partial charge is 0.326 e. The van der Waals surface area contributed by atoms with Crippen LogP contribution in [0.4, 0.5) is 0 Å². The minimum atomic E-state index is 0.950. The maximum absolute atomic E-state index is 4.68. The molecule has 3 aromatic rings. The average molecular weight is 226 g/mol. The summed E-state index contributed by atoms with van der Waals surface area (Å²) in [5.74, 6) is 0.950. The Morgan fingerprint density at radius 1 is 1.12 bits per heavy atom. The molecule has 3 rings (SSSR count). The van der Waals surface area contributed by atoms with E-state index in [4.69, 9.17) is 0 Å². The molecule has 0 N–H and O–H groups in total. The van der Waals surface area contributed by atoms with Crippen LogP contribution in [0.5, 0.6) is 0 Å². The summed E-state index contributed by atoms with van der Waals surface area (Å²) in [6.07, 6.45) is 1.79. The molecule has 0 spiro atoms. The van der Waals surface area contributed by atoms with Gasteiger partial charge in [0.2, 0.25) is 0 Å². The van der Waals surface area contributed by atoms with E-state index in [9.17, 15) is 0 Å². The summed E-state index contributed by atoms with van der Waals surface area (Å²) in [5.41, 5.74) is 4.43. The van der Waals surface area contributed by atoms with Crippen molar-refractivity contribution in [2.45, 2.75) is 6.92 Å². The molecule has 0 bridgehead atoms. The molecule has 1 aromatic carbocycles. The van der Waals surface area contributed by atoms with Gasteiger partial charge in [0.1, 0.15) is 5.69 Å². The first-order valence-corrected chi connectivity index (χ1v) is 5.58. The summed E-state index contributed by atoms with van der Waals surface area (Å²) in [7, 11) is 3.97. The van der Waals surface area contributed by atoms with Gasteiger partial charge in [-0.2, -0.15) is 5.10 Å². The molecular weight excluding hydrogens is 212 g/mol. The lowest BCUT2D eigenvalue weighted by molar-refractivity contribution is 0.764. The number of nitrogens with zero attached hydrogens (tertiary/aromatic N) is 4. The second-order valence-electron chi connectivity index (χ2n) is 4.33. The maximum atomic E-state index is 4.68. The minimum absolute atomic E-state index is 0.950. The van der Waals surface area contributed by atoms with Crippen molar-refractivity contribution in [3.05, 3.63) is 36.0 Å². The number of imidazole rings is 1. The van der Waals surface area contributed by atoms with E-state index < -0.39 is 0 Å². The fourth-order valence-electron chi connectivity index (χ4n) is 2.13. The summed E-state index contributed by atoms with van der Waals surface area (Å²) in [5, 5.41) is 4.19. The fourth-order valence-corrected chi connectivity index (χ4v) is 2.13. The summed E-state index contributed by atoms with van der Waals surface area (Å²) in [6.45, 7) is 2.08. The van der Waals surface area contributed by atoms with Gasteiger partial charge in [-0.05, 0) is 30.7 Å². The third-order valence-corrected chi connectivity index (χ3v) is 3.09. The van der Waals surface area contributed by atoms with Crippen molar-refractivity contribution in [3.63, 3.8) is 0 Å². The second kappa shape index (κ2) is 3.45. The number of aromatic nitrogens is 4. The van der Waals surface area contributed by atoms with Gasteiger partial charge < -0.3 is 4.57 Å². The standard InChI is InChI=1S/C13H14N4/c1-9-4-5-11-10(8-9)15-13(16(11)2)12-6-7-14-17(12)3/h4-8H,1-3H3. The van der Waals surface area contributed by atoms with Crippen molar-refractivity contribution >= 4 is 11.0 Å². The summed E-state index contributed by atoms with van der Waals surface area (Å²) < 4.78 is 3.94. The van der Waals surface area contributed by atoms with Gasteiger partial charge in [0.25, 0.3) is 0 Å². The van der Waals surface area contributed by atoms with E-state index in [1.165, 1.54) is 5.56 Å². The predicted octanol–water partition coefficient (Wildman–Crippen LogP) is 2.28. The van der Waals surface area contributed by atoms with Crippen LogP contribution in [0.1, 0.15) is 5.56 Å². The van der Waals surface area contributed by atoms with Crippen molar-refractivity contribution in [3.8, 4) is 11.5 Å². The van der Waals surface area contributed by atoms with Crippen molar-refractivity contribution in [1.82, 2.24) is 19.3 Å². The Labute approximate surface area is 99.5 Å². The van der Waals surface area contributed by atoms with Crippen molar-refractivity contribution in [1.29, 1.82) is 0 Å². The normalized spacial score (nSPS) is 11.2. The highest BCUT2D eigenvalue weighted by atomic mass is 15.3. The molecule has 0 saturated carbocycles. The molecule has 0 radical (unpaired) electrons. The zero-order chi connectivity index (χ0) is 12.0. The Balaban J connectivity index is 2.31. The number of aryl methyl sites for hydroxylation is 3. The SMILES string of the molecule is Cc1ccc2c(c1)nc(-c1ccnn1C)n2C. The highest BCUT2D eigenvalue weighted by Gasteiger charge is 2.12. The number of hydrogen-bond donors (Lipinski definition) is 0. The first-order chi connectivity index (χ1) is 8.16. The lowest BCUT2D eigenvalue weighted by Crippen LogP contribution is -1.99. The Kier molecular flexibility index (Phi) is 2.04. The second-order valence-corrected chi connectivity index (χ2v) is 4.33. The molecule has 0 aliphatic carbocycles. The molecule has 4 nitrogen and oxygen atoms in total. The van der Waals surface area contributed by atoms with E-state index in [0.29, 0.717) is 0 Å². The lowest BCUT2D eigenvalue weighted by atomic mass is 10.2. The molecule has 0 fully saturated rings. The Bertz CT molecular complexity index is 691. The van der Waals surface area contributed by atoms with Crippen LogP contribution in [0, 0.1) is 6.92 Å². The number of fused-ring (bicyclic) bond motifs is 1. The highest BCUT2D eigenvalue weighted by Crippen LogP contribution is 2.23. The Morgan fingerprint density at radius 3 is 2.65 bits per heavy atom. The first kappa shape index (κ1) is 10.1. The first-order valence-electron chi connectivity index (χ1n) is 5.58. The maximum Gasteiger partial charge on any atom is 0.159 e. The van der Waals surface area contributed by atoms with E-state index in [0.717, 1.165) is 22.6 Å². The van der Waals surface area contributed by atoms with Crippen molar-refractivity contribution < 1.29 is 0 Å². The molecule has 86 valence electrons. The van der Waals surface area contributed by atoms with Crippen LogP contribution in [0.15, 0.2) is 30.5 Å². The lowest BCUT2D eigenvalue weighted by Gasteiger charge is -2.02. The molecule has 2 aromatic heterocycles. The van der Waals surface area contributed by atoms with Gasteiger partial charge in [-0.25, -0.2) is 4.98 Å². The Morgan fingerprint density at radius 2 is 1.94 bits per heavy atom. The molecule has 0 atom stereocenters. The molecule has 0 unspecified atom stereocenters.